The molecule has 5 rings (SSSR count). The van der Waals surface area contributed by atoms with E-state index in [-0.39, 0.29) is 12.5 Å². The zero-order chi connectivity index (χ0) is 31.3. The van der Waals surface area contributed by atoms with Crippen molar-refractivity contribution in [3.63, 3.8) is 0 Å². The Hall–Kier alpha value is -4.05. The average molecular weight is 610 g/mol. The minimum atomic E-state index is -4.43. The fraction of sp³-hybridized carbons (Fsp3) is 0.412. The summed E-state index contributed by atoms with van der Waals surface area (Å²) in [6.45, 7) is 2.32. The first kappa shape index (κ1) is 31.4. The number of ether oxygens (including phenoxy) is 1. The van der Waals surface area contributed by atoms with E-state index in [0.717, 1.165) is 79.6 Å². The van der Waals surface area contributed by atoms with Crippen LogP contribution >= 0.6 is 0 Å². The molecule has 3 aromatic rings. The number of hydrogen-bond acceptors (Lipinski definition) is 6. The van der Waals surface area contributed by atoms with Gasteiger partial charge in [0.2, 0.25) is 6.35 Å². The third-order valence-electron chi connectivity index (χ3n) is 8.27. The molecular weight excluding hydrogens is 571 g/mol. The van der Waals surface area contributed by atoms with E-state index >= 15 is 0 Å². The minimum absolute atomic E-state index is 0.117. The summed E-state index contributed by atoms with van der Waals surface area (Å²) in [6.07, 6.45) is 1.74. The van der Waals surface area contributed by atoms with Crippen LogP contribution in [0.4, 0.5) is 18.9 Å². The molecule has 0 bridgehead atoms. The molecule has 1 saturated carbocycles. The number of hydrazone groups is 1. The van der Waals surface area contributed by atoms with Gasteiger partial charge in [-0.25, -0.2) is 5.01 Å². The highest BCUT2D eigenvalue weighted by atomic mass is 19.4. The Balaban J connectivity index is 1.27. The van der Waals surface area contributed by atoms with E-state index in [2.05, 4.69) is 12.1 Å². The molecule has 1 atom stereocenters. The van der Waals surface area contributed by atoms with Gasteiger partial charge in [0.15, 0.2) is 0 Å². The maximum Gasteiger partial charge on any atom is 0.416 e. The van der Waals surface area contributed by atoms with Gasteiger partial charge in [-0.05, 0) is 85.7 Å². The van der Waals surface area contributed by atoms with E-state index < -0.39 is 24.1 Å². The van der Waals surface area contributed by atoms with Gasteiger partial charge in [-0.2, -0.15) is 18.3 Å². The quantitative estimate of drug-likeness (QED) is 0.235. The lowest BCUT2D eigenvalue weighted by molar-refractivity contribution is -0.138. The monoisotopic (exact) mass is 609 g/mol. The van der Waals surface area contributed by atoms with E-state index in [9.17, 15) is 28.2 Å². The number of carboxylic acid groups (broad SMARTS) is 1. The number of alkyl halides is 3. The molecule has 0 radical (unpaired) electrons. The molecule has 1 aliphatic heterocycles. The Morgan fingerprint density at radius 3 is 2.27 bits per heavy atom. The van der Waals surface area contributed by atoms with Crippen molar-refractivity contribution < 1.29 is 32.9 Å². The van der Waals surface area contributed by atoms with E-state index in [4.69, 9.17) is 9.84 Å². The van der Waals surface area contributed by atoms with Gasteiger partial charge in [0.1, 0.15) is 11.6 Å². The van der Waals surface area contributed by atoms with Gasteiger partial charge in [0, 0.05) is 18.0 Å². The molecule has 0 aromatic heterocycles. The molecule has 234 valence electrons. The summed E-state index contributed by atoms with van der Waals surface area (Å²) in [4.78, 5) is 13.3. The summed E-state index contributed by atoms with van der Waals surface area (Å²) in [6, 6.07) is 18.6. The van der Waals surface area contributed by atoms with Gasteiger partial charge in [-0.15, -0.1) is 0 Å². The number of hydrogen-bond donors (Lipinski definition) is 2. The van der Waals surface area contributed by atoms with Crippen molar-refractivity contribution in [2.45, 2.75) is 83.3 Å². The van der Waals surface area contributed by atoms with E-state index in [1.165, 1.54) is 17.1 Å². The molecule has 0 spiro atoms. The molecule has 1 aliphatic carbocycles. The van der Waals surface area contributed by atoms with Crippen molar-refractivity contribution in [2.24, 2.45) is 5.10 Å². The first-order valence-electron chi connectivity index (χ1n) is 15.2. The summed E-state index contributed by atoms with van der Waals surface area (Å²) < 4.78 is 44.9. The van der Waals surface area contributed by atoms with Crippen LogP contribution in [0, 0.1) is 0 Å². The van der Waals surface area contributed by atoms with Crippen LogP contribution in [-0.2, 0) is 23.8 Å². The Labute approximate surface area is 255 Å². The number of carboxylic acids is 1. The molecule has 7 nitrogen and oxygen atoms in total. The number of aliphatic hydroxyl groups is 1. The topological polar surface area (TPSA) is 85.6 Å². The fourth-order valence-electron chi connectivity index (χ4n) is 6.08. The second-order valence-corrected chi connectivity index (χ2v) is 11.3. The highest BCUT2D eigenvalue weighted by molar-refractivity contribution is 5.86. The van der Waals surface area contributed by atoms with Crippen molar-refractivity contribution >= 4 is 17.5 Å². The summed E-state index contributed by atoms with van der Waals surface area (Å²) in [5.41, 5.74) is 3.33. The van der Waals surface area contributed by atoms with Gasteiger partial charge in [-0.1, -0.05) is 49.6 Å². The van der Waals surface area contributed by atoms with Crippen LogP contribution < -0.4 is 9.75 Å². The Morgan fingerprint density at radius 1 is 0.955 bits per heavy atom. The minimum Gasteiger partial charge on any atom is -0.494 e. The average Bonchev–Trinajstić information content (AvgIpc) is 3.34. The maximum atomic E-state index is 13.1. The van der Waals surface area contributed by atoms with Crippen LogP contribution in [0.25, 0.3) is 11.1 Å². The van der Waals surface area contributed by atoms with E-state index in [0.29, 0.717) is 30.0 Å². The van der Waals surface area contributed by atoms with E-state index in [1.54, 1.807) is 0 Å². The Morgan fingerprint density at radius 2 is 1.64 bits per heavy atom. The number of rotatable bonds is 11. The number of aryl methyl sites for hydroxylation is 1. The highest BCUT2D eigenvalue weighted by Crippen LogP contribution is 2.35. The first-order valence-corrected chi connectivity index (χ1v) is 15.2. The summed E-state index contributed by atoms with van der Waals surface area (Å²) in [7, 11) is 0. The van der Waals surface area contributed by atoms with Crippen LogP contribution in [-0.4, -0.2) is 45.9 Å². The molecule has 10 heteroatoms. The van der Waals surface area contributed by atoms with Crippen molar-refractivity contribution in [1.29, 1.82) is 0 Å². The lowest BCUT2D eigenvalue weighted by Gasteiger charge is -2.36. The normalized spacial score (nSPS) is 17.6. The molecule has 1 unspecified atom stereocenters. The van der Waals surface area contributed by atoms with Crippen molar-refractivity contribution in [2.75, 3.05) is 11.6 Å². The van der Waals surface area contributed by atoms with Gasteiger partial charge in [-0.3, -0.25) is 4.79 Å². The number of aliphatic carboxylic acids is 1. The zero-order valence-electron chi connectivity index (χ0n) is 24.8. The van der Waals surface area contributed by atoms with Crippen LogP contribution in [0.15, 0.2) is 71.8 Å². The van der Waals surface area contributed by atoms with Crippen molar-refractivity contribution in [3.05, 3.63) is 83.4 Å². The standard InChI is InChI=1S/C34H38F3N3O4/c1-2-44-30-20-15-25(21-26(30)22-32(41)42)24-13-11-23(12-14-24)7-6-10-31-38-40(29-18-16-27(17-19-29)34(35,36)37)33(43)39(31)28-8-4-3-5-9-28/h11-21,28,33,43H,2-10,22H2,1H3,(H,41,42). The van der Waals surface area contributed by atoms with Crippen molar-refractivity contribution in [3.8, 4) is 16.9 Å². The van der Waals surface area contributed by atoms with Crippen LogP contribution in [0.3, 0.4) is 0 Å². The Kier molecular flexibility index (Phi) is 9.78. The number of carbonyl (C=O) groups is 1. The summed E-state index contributed by atoms with van der Waals surface area (Å²) in [5, 5.41) is 26.7. The largest absolute Gasteiger partial charge is 0.494 e. The van der Waals surface area contributed by atoms with Crippen LogP contribution in [0.1, 0.15) is 68.6 Å². The predicted octanol–water partition coefficient (Wildman–Crippen LogP) is 7.47. The molecule has 0 amide bonds. The lowest BCUT2D eigenvalue weighted by atomic mass is 9.94. The number of aliphatic hydroxyl groups excluding tert-OH is 1. The highest BCUT2D eigenvalue weighted by Gasteiger charge is 2.38. The van der Waals surface area contributed by atoms with Crippen LogP contribution in [0.2, 0.25) is 0 Å². The number of benzene rings is 3. The smallest absolute Gasteiger partial charge is 0.416 e. The molecular formula is C34H38F3N3O4. The van der Waals surface area contributed by atoms with Gasteiger partial charge in [0.05, 0.1) is 24.3 Å². The molecule has 3 aromatic carbocycles. The summed E-state index contributed by atoms with van der Waals surface area (Å²) in [5.74, 6) is 0.415. The first-order chi connectivity index (χ1) is 21.1. The second kappa shape index (κ2) is 13.7. The fourth-order valence-corrected chi connectivity index (χ4v) is 6.08. The van der Waals surface area contributed by atoms with Gasteiger partial charge >= 0.3 is 12.1 Å². The van der Waals surface area contributed by atoms with Gasteiger partial charge in [0.25, 0.3) is 0 Å². The zero-order valence-corrected chi connectivity index (χ0v) is 24.8. The molecule has 2 N–H and O–H groups in total. The predicted molar refractivity (Wildman–Crippen MR) is 163 cm³/mol. The summed E-state index contributed by atoms with van der Waals surface area (Å²) >= 11 is 0. The third-order valence-corrected chi connectivity index (χ3v) is 8.27. The molecule has 0 saturated heterocycles. The SMILES string of the molecule is CCOc1ccc(-c2ccc(CCCC3=NN(c4ccc(C(F)(F)F)cc4)C(O)N3C3CCCCC3)cc2)cc1CC(=O)O. The van der Waals surface area contributed by atoms with Crippen molar-refractivity contribution in [1.82, 2.24) is 4.90 Å². The molecule has 1 heterocycles. The molecule has 44 heavy (non-hydrogen) atoms. The van der Waals surface area contributed by atoms with E-state index in [1.807, 2.05) is 42.2 Å². The maximum absolute atomic E-state index is 13.1. The number of amidine groups is 1. The molecule has 2 aliphatic rings. The Bertz CT molecular complexity index is 1450. The number of nitrogens with zero attached hydrogens (tertiary/aromatic N) is 3. The molecule has 1 fully saturated rings. The lowest BCUT2D eigenvalue weighted by Crippen LogP contribution is -2.48. The number of halogens is 3. The van der Waals surface area contributed by atoms with Gasteiger partial charge < -0.3 is 19.8 Å². The number of anilines is 1. The third kappa shape index (κ3) is 7.35. The van der Waals surface area contributed by atoms with Crippen LogP contribution in [0.5, 0.6) is 5.75 Å². The second-order valence-electron chi connectivity index (χ2n) is 11.3.